The van der Waals surface area contributed by atoms with Gasteiger partial charge >= 0.3 is 0 Å². The van der Waals surface area contributed by atoms with Crippen molar-refractivity contribution < 1.29 is 4.74 Å². The van der Waals surface area contributed by atoms with Crippen LogP contribution in [0.4, 0.5) is 11.6 Å². The van der Waals surface area contributed by atoms with E-state index in [1.165, 1.54) is 32.1 Å². The molecule has 0 radical (unpaired) electrons. The van der Waals surface area contributed by atoms with Crippen LogP contribution in [0.2, 0.25) is 0 Å². The van der Waals surface area contributed by atoms with Gasteiger partial charge in [0.25, 0.3) is 0 Å². The average Bonchev–Trinajstić information content (AvgIpc) is 2.47. The lowest BCUT2D eigenvalue weighted by molar-refractivity contribution is 0.327. The molecule has 1 aliphatic rings. The van der Waals surface area contributed by atoms with Crippen LogP contribution < -0.4 is 15.4 Å². The third kappa shape index (κ3) is 3.28. The number of hydrogen-bond donors (Lipinski definition) is 2. The van der Waals surface area contributed by atoms with Gasteiger partial charge in [0.2, 0.25) is 5.75 Å². The third-order valence-corrected chi connectivity index (χ3v) is 3.97. The van der Waals surface area contributed by atoms with E-state index in [-0.39, 0.29) is 0 Å². The molecule has 0 aromatic carbocycles. The summed E-state index contributed by atoms with van der Waals surface area (Å²) in [6.07, 6.45) is 8.24. The molecule has 0 spiro atoms. The van der Waals surface area contributed by atoms with Gasteiger partial charge in [0.1, 0.15) is 6.33 Å². The summed E-state index contributed by atoms with van der Waals surface area (Å²) >= 11 is 0. The molecule has 1 fully saturated rings. The molecule has 1 atom stereocenters. The molecule has 106 valence electrons. The van der Waals surface area contributed by atoms with Crippen molar-refractivity contribution in [2.75, 3.05) is 24.8 Å². The highest BCUT2D eigenvalue weighted by Crippen LogP contribution is 2.32. The van der Waals surface area contributed by atoms with Gasteiger partial charge in [0, 0.05) is 13.1 Å². The van der Waals surface area contributed by atoms with Gasteiger partial charge in [0.05, 0.1) is 7.11 Å². The number of hydrogen-bond acceptors (Lipinski definition) is 5. The number of ether oxygens (including phenoxy) is 1. The lowest BCUT2D eigenvalue weighted by Crippen LogP contribution is -2.28. The first-order valence-corrected chi connectivity index (χ1v) is 7.09. The molecule has 1 aliphatic carbocycles. The summed E-state index contributed by atoms with van der Waals surface area (Å²) in [5.74, 6) is 2.91. The Balaban J connectivity index is 2.09. The molecule has 0 saturated heterocycles. The molecule has 1 aromatic rings. The number of nitrogens with zero attached hydrogens (tertiary/aromatic N) is 2. The van der Waals surface area contributed by atoms with Gasteiger partial charge in [-0.15, -0.1) is 0 Å². The second kappa shape index (κ2) is 6.59. The van der Waals surface area contributed by atoms with E-state index in [1.807, 2.05) is 7.05 Å². The second-order valence-electron chi connectivity index (χ2n) is 5.19. The summed E-state index contributed by atoms with van der Waals surface area (Å²) < 4.78 is 5.41. The van der Waals surface area contributed by atoms with Gasteiger partial charge in [-0.3, -0.25) is 0 Å². The van der Waals surface area contributed by atoms with Gasteiger partial charge in [-0.2, -0.15) is 0 Å². The molecule has 0 amide bonds. The lowest BCUT2D eigenvalue weighted by Gasteiger charge is -2.29. The minimum atomic E-state index is 0.411. The van der Waals surface area contributed by atoms with Crippen LogP contribution in [0.5, 0.6) is 5.75 Å². The third-order valence-electron chi connectivity index (χ3n) is 3.97. The zero-order valence-corrected chi connectivity index (χ0v) is 12.1. The van der Waals surface area contributed by atoms with Gasteiger partial charge in [-0.25, -0.2) is 9.97 Å². The van der Waals surface area contributed by atoms with Crippen LogP contribution >= 0.6 is 0 Å². The number of anilines is 2. The Bertz CT molecular complexity index is 404. The standard InChI is InChI=1S/C14H24N4O/c1-10(11-7-5-4-6-8-11)18-14-12(19-3)13(15-2)16-9-17-14/h9-11H,4-8H2,1-3H3,(H2,15,16,17,18). The maximum Gasteiger partial charge on any atom is 0.204 e. The fraction of sp³-hybridized carbons (Fsp3) is 0.714. The van der Waals surface area contributed by atoms with E-state index in [4.69, 9.17) is 4.74 Å². The molecule has 2 N–H and O–H groups in total. The fourth-order valence-corrected chi connectivity index (χ4v) is 2.82. The number of aromatic nitrogens is 2. The predicted octanol–water partition coefficient (Wildman–Crippen LogP) is 2.91. The van der Waals surface area contributed by atoms with Crippen molar-refractivity contribution in [1.82, 2.24) is 9.97 Å². The number of rotatable bonds is 5. The smallest absolute Gasteiger partial charge is 0.204 e. The normalized spacial score (nSPS) is 17.8. The van der Waals surface area contributed by atoms with Crippen molar-refractivity contribution in [2.45, 2.75) is 45.1 Å². The maximum absolute atomic E-state index is 5.41. The summed E-state index contributed by atoms with van der Waals surface area (Å²) in [6, 6.07) is 0.411. The molecule has 5 nitrogen and oxygen atoms in total. The van der Waals surface area contributed by atoms with Gasteiger partial charge in [-0.1, -0.05) is 19.3 Å². The molecule has 1 unspecified atom stereocenters. The monoisotopic (exact) mass is 264 g/mol. The summed E-state index contributed by atoms with van der Waals surface area (Å²) in [4.78, 5) is 8.47. The number of nitrogens with one attached hydrogen (secondary N) is 2. The summed E-state index contributed by atoms with van der Waals surface area (Å²) in [6.45, 7) is 2.23. The highest BCUT2D eigenvalue weighted by atomic mass is 16.5. The van der Waals surface area contributed by atoms with Crippen molar-refractivity contribution in [3.63, 3.8) is 0 Å². The molecular formula is C14H24N4O. The SMILES string of the molecule is CNc1ncnc(NC(C)C2CCCCC2)c1OC. The summed E-state index contributed by atoms with van der Waals surface area (Å²) in [5, 5.41) is 6.51. The highest BCUT2D eigenvalue weighted by molar-refractivity contribution is 5.63. The van der Waals surface area contributed by atoms with Crippen molar-refractivity contribution in [3.05, 3.63) is 6.33 Å². The molecule has 19 heavy (non-hydrogen) atoms. The Hall–Kier alpha value is -1.52. The molecule has 1 heterocycles. The van der Waals surface area contributed by atoms with E-state index < -0.39 is 0 Å². The minimum Gasteiger partial charge on any atom is -0.490 e. The Morgan fingerprint density at radius 3 is 2.53 bits per heavy atom. The van der Waals surface area contributed by atoms with E-state index in [0.717, 1.165) is 17.6 Å². The fourth-order valence-electron chi connectivity index (χ4n) is 2.82. The lowest BCUT2D eigenvalue weighted by atomic mass is 9.84. The largest absolute Gasteiger partial charge is 0.490 e. The van der Waals surface area contributed by atoms with Crippen molar-refractivity contribution in [2.24, 2.45) is 5.92 Å². The van der Waals surface area contributed by atoms with E-state index >= 15 is 0 Å². The van der Waals surface area contributed by atoms with Crippen LogP contribution in [0, 0.1) is 5.92 Å². The van der Waals surface area contributed by atoms with Crippen molar-refractivity contribution in [3.8, 4) is 5.75 Å². The van der Waals surface area contributed by atoms with E-state index in [9.17, 15) is 0 Å². The van der Waals surface area contributed by atoms with Gasteiger partial charge in [-0.05, 0) is 25.7 Å². The zero-order chi connectivity index (χ0) is 13.7. The van der Waals surface area contributed by atoms with Gasteiger partial charge in [0.15, 0.2) is 11.6 Å². The summed E-state index contributed by atoms with van der Waals surface area (Å²) in [5.41, 5.74) is 0. The van der Waals surface area contributed by atoms with Crippen molar-refractivity contribution >= 4 is 11.6 Å². The van der Waals surface area contributed by atoms with Crippen LogP contribution in [-0.4, -0.2) is 30.2 Å². The van der Waals surface area contributed by atoms with E-state index in [2.05, 4.69) is 27.5 Å². The molecule has 0 bridgehead atoms. The van der Waals surface area contributed by atoms with Gasteiger partial charge < -0.3 is 15.4 Å². The first-order valence-electron chi connectivity index (χ1n) is 7.09. The highest BCUT2D eigenvalue weighted by Gasteiger charge is 2.22. The molecule has 1 saturated carbocycles. The molecule has 2 rings (SSSR count). The molecule has 5 heteroatoms. The van der Waals surface area contributed by atoms with Crippen LogP contribution in [0.1, 0.15) is 39.0 Å². The second-order valence-corrected chi connectivity index (χ2v) is 5.19. The first kappa shape index (κ1) is 13.9. The summed E-state index contributed by atoms with van der Waals surface area (Å²) in [7, 11) is 3.48. The maximum atomic E-state index is 5.41. The number of methoxy groups -OCH3 is 1. The van der Waals surface area contributed by atoms with E-state index in [1.54, 1.807) is 13.4 Å². The van der Waals surface area contributed by atoms with E-state index in [0.29, 0.717) is 11.8 Å². The van der Waals surface area contributed by atoms with Crippen LogP contribution in [0.3, 0.4) is 0 Å². The molecular weight excluding hydrogens is 240 g/mol. The van der Waals surface area contributed by atoms with Crippen LogP contribution in [-0.2, 0) is 0 Å². The average molecular weight is 264 g/mol. The molecule has 1 aromatic heterocycles. The van der Waals surface area contributed by atoms with Crippen LogP contribution in [0.15, 0.2) is 6.33 Å². The Morgan fingerprint density at radius 1 is 1.21 bits per heavy atom. The topological polar surface area (TPSA) is 59.1 Å². The minimum absolute atomic E-state index is 0.411. The Morgan fingerprint density at radius 2 is 1.89 bits per heavy atom. The Kier molecular flexibility index (Phi) is 4.82. The molecule has 0 aliphatic heterocycles. The quantitative estimate of drug-likeness (QED) is 0.856. The van der Waals surface area contributed by atoms with Crippen LogP contribution in [0.25, 0.3) is 0 Å². The predicted molar refractivity (Wildman–Crippen MR) is 77.8 cm³/mol. The Labute approximate surface area is 115 Å². The zero-order valence-electron chi connectivity index (χ0n) is 12.1. The van der Waals surface area contributed by atoms with Crippen molar-refractivity contribution in [1.29, 1.82) is 0 Å². The first-order chi connectivity index (χ1) is 9.26.